The van der Waals surface area contributed by atoms with Gasteiger partial charge in [-0.25, -0.2) is 0 Å². The maximum absolute atomic E-state index is 5.28. The summed E-state index contributed by atoms with van der Waals surface area (Å²) >= 11 is 0. The first-order valence-electron chi connectivity index (χ1n) is 4.93. The monoisotopic (exact) mass is 203 g/mol. The lowest BCUT2D eigenvalue weighted by molar-refractivity contribution is 0.411. The van der Waals surface area contributed by atoms with E-state index < -0.39 is 0 Å². The van der Waals surface area contributed by atoms with Gasteiger partial charge in [-0.15, -0.1) is 0 Å². The molecule has 0 amide bonds. The van der Waals surface area contributed by atoms with Gasteiger partial charge in [0.05, 0.1) is 7.11 Å². The highest BCUT2D eigenvalue weighted by Crippen LogP contribution is 2.11. The Balaban J connectivity index is 3.57. The van der Waals surface area contributed by atoms with Crippen LogP contribution in [-0.4, -0.2) is 13.3 Å². The van der Waals surface area contributed by atoms with E-state index in [4.69, 9.17) is 4.74 Å². The van der Waals surface area contributed by atoms with Crippen LogP contribution in [0.3, 0.4) is 0 Å². The van der Waals surface area contributed by atoms with Crippen molar-refractivity contribution in [1.29, 1.82) is 0 Å². The molecule has 0 fully saturated rings. The van der Waals surface area contributed by atoms with Gasteiger partial charge >= 0.3 is 0 Å². The Morgan fingerprint density at radius 3 is 2.67 bits per heavy atom. The molecule has 0 aromatic heterocycles. The first kappa shape index (κ1) is 11.5. The molecule has 0 N–H and O–H groups in total. The molecule has 0 aliphatic heterocycles. The molecule has 0 spiro atoms. The molecule has 0 atom stereocenters. The molecule has 1 rings (SSSR count). The van der Waals surface area contributed by atoms with Crippen molar-refractivity contribution >= 4 is 18.5 Å². The minimum absolute atomic E-state index is 0.878. The van der Waals surface area contributed by atoms with Crippen molar-refractivity contribution in [1.82, 2.24) is 0 Å². The summed E-state index contributed by atoms with van der Waals surface area (Å²) in [6, 6.07) is 4.00. The molecule has 0 aliphatic rings. The summed E-state index contributed by atoms with van der Waals surface area (Å²) in [5.41, 5.74) is 2.06. The van der Waals surface area contributed by atoms with Crippen molar-refractivity contribution in [2.75, 3.05) is 7.11 Å². The van der Waals surface area contributed by atoms with Gasteiger partial charge in [0.25, 0.3) is 0 Å². The van der Waals surface area contributed by atoms with Gasteiger partial charge in [-0.2, -0.15) is 0 Å². The average molecular weight is 203 g/mol. The first-order valence-corrected chi connectivity index (χ1v) is 4.93. The zero-order chi connectivity index (χ0) is 11.4. The van der Waals surface area contributed by atoms with Gasteiger partial charge in [-0.05, 0) is 43.7 Å². The largest absolute Gasteiger partial charge is 0.496 e. The van der Waals surface area contributed by atoms with E-state index in [2.05, 4.69) is 11.6 Å². The first-order chi connectivity index (χ1) is 7.10. The van der Waals surface area contributed by atoms with Gasteiger partial charge in [0.1, 0.15) is 5.75 Å². The molecule has 0 saturated carbocycles. The third kappa shape index (κ3) is 2.46. The minimum atomic E-state index is 0.878. The summed E-state index contributed by atoms with van der Waals surface area (Å²) in [5.74, 6) is 0.878. The number of benzene rings is 1. The Bertz CT molecular complexity index is 486. The molecule has 0 heterocycles. The summed E-state index contributed by atoms with van der Waals surface area (Å²) in [6.45, 7) is 9.89. The number of hydrogen-bond acceptors (Lipinski definition) is 2. The average Bonchev–Trinajstić information content (AvgIpc) is 2.18. The molecule has 0 aliphatic carbocycles. The fourth-order valence-corrected chi connectivity index (χ4v) is 1.57. The zero-order valence-electron chi connectivity index (χ0n) is 9.79. The van der Waals surface area contributed by atoms with Crippen molar-refractivity contribution in [2.24, 2.45) is 4.99 Å². The van der Waals surface area contributed by atoms with Crippen LogP contribution in [0.5, 0.6) is 5.75 Å². The summed E-state index contributed by atoms with van der Waals surface area (Å²) in [4.78, 5) is 4.26. The number of nitrogens with zero attached hydrogens (tertiary/aromatic N) is 1. The number of rotatable bonds is 2. The third-order valence-electron chi connectivity index (χ3n) is 2.33. The molecule has 1 aromatic carbocycles. The van der Waals surface area contributed by atoms with Gasteiger partial charge in [-0.1, -0.05) is 6.58 Å². The summed E-state index contributed by atoms with van der Waals surface area (Å²) in [6.07, 6.45) is 1.78. The highest BCUT2D eigenvalue weighted by atomic mass is 16.5. The maximum atomic E-state index is 5.28. The summed E-state index contributed by atoms with van der Waals surface area (Å²) < 4.78 is 5.28. The van der Waals surface area contributed by atoms with Gasteiger partial charge in [0.2, 0.25) is 0 Å². The standard InChI is InChI=1S/C13H17NO/c1-6-14-11(4)12-8-13(15-5)10(3)7-9(12)2/h6-8H,2H2,1,3-5H3/b12-11-,14-6?. The summed E-state index contributed by atoms with van der Waals surface area (Å²) in [5, 5.41) is 2.02. The van der Waals surface area contributed by atoms with E-state index in [-0.39, 0.29) is 0 Å². The molecular formula is C13H17NO. The summed E-state index contributed by atoms with van der Waals surface area (Å²) in [7, 11) is 1.67. The van der Waals surface area contributed by atoms with Crippen LogP contribution < -0.4 is 15.2 Å². The Labute approximate surface area is 90.6 Å². The number of aryl methyl sites for hydroxylation is 1. The normalized spacial score (nSPS) is 13.1. The van der Waals surface area contributed by atoms with Crippen molar-refractivity contribution in [2.45, 2.75) is 20.8 Å². The number of aliphatic imine (C=N–C) groups is 1. The Morgan fingerprint density at radius 2 is 2.13 bits per heavy atom. The van der Waals surface area contributed by atoms with Crippen LogP contribution in [-0.2, 0) is 0 Å². The van der Waals surface area contributed by atoms with Gasteiger partial charge in [0.15, 0.2) is 0 Å². The fraction of sp³-hybridized carbons (Fsp3) is 0.308. The molecule has 0 radical (unpaired) electrons. The third-order valence-corrected chi connectivity index (χ3v) is 2.33. The highest BCUT2D eigenvalue weighted by Gasteiger charge is 1.99. The Morgan fingerprint density at radius 1 is 1.47 bits per heavy atom. The van der Waals surface area contributed by atoms with Crippen LogP contribution in [0, 0.1) is 6.92 Å². The van der Waals surface area contributed by atoms with E-state index in [0.717, 1.165) is 27.4 Å². The molecule has 15 heavy (non-hydrogen) atoms. The second kappa shape index (κ2) is 4.78. The molecule has 2 nitrogen and oxygen atoms in total. The van der Waals surface area contributed by atoms with E-state index in [1.165, 1.54) is 0 Å². The van der Waals surface area contributed by atoms with Crippen molar-refractivity contribution in [3.05, 3.63) is 28.1 Å². The molecule has 1 aromatic rings. The van der Waals surface area contributed by atoms with E-state index in [0.29, 0.717) is 0 Å². The SMILES string of the molecule is C=c1cc(C)c(OC)c/c1=C(\C)N=CC. The molecular weight excluding hydrogens is 186 g/mol. The molecule has 0 saturated heterocycles. The van der Waals surface area contributed by atoms with Crippen molar-refractivity contribution in [3.63, 3.8) is 0 Å². The van der Waals surface area contributed by atoms with Gasteiger partial charge in [-0.3, -0.25) is 4.99 Å². The van der Waals surface area contributed by atoms with Crippen LogP contribution in [0.1, 0.15) is 19.4 Å². The van der Waals surface area contributed by atoms with E-state index in [1.54, 1.807) is 13.3 Å². The number of ether oxygens (including phenoxy) is 1. The minimum Gasteiger partial charge on any atom is -0.496 e. The highest BCUT2D eigenvalue weighted by molar-refractivity contribution is 5.62. The van der Waals surface area contributed by atoms with Crippen LogP contribution >= 0.6 is 0 Å². The molecule has 2 heteroatoms. The van der Waals surface area contributed by atoms with E-state index >= 15 is 0 Å². The molecule has 80 valence electrons. The fourth-order valence-electron chi connectivity index (χ4n) is 1.57. The molecule has 0 unspecified atom stereocenters. The second-order valence-electron chi connectivity index (χ2n) is 3.45. The number of methoxy groups -OCH3 is 1. The topological polar surface area (TPSA) is 21.6 Å². The van der Waals surface area contributed by atoms with Crippen LogP contribution in [0.25, 0.3) is 12.3 Å². The van der Waals surface area contributed by atoms with Crippen molar-refractivity contribution < 1.29 is 4.74 Å². The predicted octanol–water partition coefficient (Wildman–Crippen LogP) is 1.63. The predicted molar refractivity (Wildman–Crippen MR) is 65.8 cm³/mol. The number of hydrogen-bond donors (Lipinski definition) is 0. The lowest BCUT2D eigenvalue weighted by Gasteiger charge is -2.04. The second-order valence-corrected chi connectivity index (χ2v) is 3.45. The van der Waals surface area contributed by atoms with E-state index in [1.807, 2.05) is 32.9 Å². The lowest BCUT2D eigenvalue weighted by atomic mass is 10.1. The lowest BCUT2D eigenvalue weighted by Crippen LogP contribution is -2.25. The smallest absolute Gasteiger partial charge is 0.122 e. The Kier molecular flexibility index (Phi) is 3.67. The van der Waals surface area contributed by atoms with Crippen LogP contribution in [0.2, 0.25) is 0 Å². The van der Waals surface area contributed by atoms with Gasteiger partial charge in [0, 0.05) is 17.1 Å². The van der Waals surface area contributed by atoms with Gasteiger partial charge < -0.3 is 4.74 Å². The maximum Gasteiger partial charge on any atom is 0.122 e. The van der Waals surface area contributed by atoms with Crippen molar-refractivity contribution in [3.8, 4) is 5.75 Å². The Hall–Kier alpha value is -1.57. The van der Waals surface area contributed by atoms with Crippen LogP contribution in [0.15, 0.2) is 17.1 Å². The quantitative estimate of drug-likeness (QED) is 0.669. The van der Waals surface area contributed by atoms with Crippen LogP contribution in [0.4, 0.5) is 0 Å². The zero-order valence-corrected chi connectivity index (χ0v) is 9.79. The van der Waals surface area contributed by atoms with E-state index in [9.17, 15) is 0 Å². The molecule has 0 bridgehead atoms.